The second-order valence-electron chi connectivity index (χ2n) is 5.39. The molecule has 20 heavy (non-hydrogen) atoms. The van der Waals surface area contributed by atoms with Crippen LogP contribution in [0.3, 0.4) is 0 Å². The molecule has 3 atom stereocenters. The van der Waals surface area contributed by atoms with Crippen LogP contribution in [0.25, 0.3) is 0 Å². The first-order valence-corrected chi connectivity index (χ1v) is 8.27. The molecule has 0 saturated carbocycles. The van der Waals surface area contributed by atoms with Crippen LogP contribution in [0.15, 0.2) is 16.8 Å². The van der Waals surface area contributed by atoms with Gasteiger partial charge in [-0.25, -0.2) is 0 Å². The van der Waals surface area contributed by atoms with Gasteiger partial charge < -0.3 is 14.4 Å². The Morgan fingerprint density at radius 2 is 2.50 bits per heavy atom. The molecule has 0 bridgehead atoms. The Balaban J connectivity index is 1.70. The number of hydrogen-bond donors (Lipinski definition) is 0. The largest absolute Gasteiger partial charge is 0.374 e. The van der Waals surface area contributed by atoms with E-state index in [-0.39, 0.29) is 24.2 Å². The average molecular weight is 295 g/mol. The molecule has 0 unspecified atom stereocenters. The van der Waals surface area contributed by atoms with Gasteiger partial charge in [0.1, 0.15) is 12.2 Å². The van der Waals surface area contributed by atoms with Crippen molar-refractivity contribution in [3.05, 3.63) is 22.4 Å². The summed E-state index contributed by atoms with van der Waals surface area (Å²) in [6.07, 6.45) is 2.66. The summed E-state index contributed by atoms with van der Waals surface area (Å²) in [5.74, 6) is 0.200. The quantitative estimate of drug-likeness (QED) is 0.854. The molecule has 110 valence electrons. The molecule has 2 aliphatic rings. The summed E-state index contributed by atoms with van der Waals surface area (Å²) < 4.78 is 11.6. The fourth-order valence-corrected chi connectivity index (χ4v) is 3.90. The number of nitrogens with zero attached hydrogens (tertiary/aromatic N) is 1. The van der Waals surface area contributed by atoms with E-state index >= 15 is 0 Å². The molecular weight excluding hydrogens is 274 g/mol. The summed E-state index contributed by atoms with van der Waals surface area (Å²) in [5.41, 5.74) is 1.10. The van der Waals surface area contributed by atoms with Gasteiger partial charge in [-0.05, 0) is 42.2 Å². The summed E-state index contributed by atoms with van der Waals surface area (Å²) in [5, 5.41) is 4.06. The highest BCUT2D eigenvalue weighted by molar-refractivity contribution is 7.07. The van der Waals surface area contributed by atoms with Crippen molar-refractivity contribution in [2.45, 2.75) is 44.4 Å². The standard InChI is InChI=1S/C15H21NO3S/c1-2-18-13-9-16(12-4-3-6-19-15(12)13)14(17)8-11-5-7-20-10-11/h5,7,10,12-13,15H,2-4,6,8-9H2,1H3/t12-,13-,15+/m1/s1. The number of likely N-dealkylation sites (tertiary alicyclic amines) is 1. The topological polar surface area (TPSA) is 38.8 Å². The van der Waals surface area contributed by atoms with E-state index in [9.17, 15) is 4.79 Å². The number of carbonyl (C=O) groups is 1. The van der Waals surface area contributed by atoms with Crippen LogP contribution >= 0.6 is 11.3 Å². The molecule has 0 N–H and O–H groups in total. The van der Waals surface area contributed by atoms with Gasteiger partial charge in [0.05, 0.1) is 12.5 Å². The van der Waals surface area contributed by atoms with Crippen LogP contribution in [-0.2, 0) is 20.7 Å². The Hall–Kier alpha value is -0.910. The number of rotatable bonds is 4. The maximum Gasteiger partial charge on any atom is 0.227 e. The molecule has 5 heteroatoms. The third-order valence-corrected chi connectivity index (χ3v) is 4.85. The van der Waals surface area contributed by atoms with Gasteiger partial charge in [-0.15, -0.1) is 0 Å². The molecule has 0 radical (unpaired) electrons. The molecule has 0 spiro atoms. The molecule has 1 amide bonds. The highest BCUT2D eigenvalue weighted by atomic mass is 32.1. The van der Waals surface area contributed by atoms with Gasteiger partial charge >= 0.3 is 0 Å². The van der Waals surface area contributed by atoms with Gasteiger partial charge in [0.25, 0.3) is 0 Å². The molecule has 3 heterocycles. The molecule has 2 fully saturated rings. The normalized spacial score (nSPS) is 29.4. The van der Waals surface area contributed by atoms with Crippen molar-refractivity contribution >= 4 is 17.2 Å². The Bertz CT molecular complexity index is 448. The minimum atomic E-state index is 0.0386. The zero-order valence-corrected chi connectivity index (χ0v) is 12.6. The van der Waals surface area contributed by atoms with Gasteiger partial charge in [0, 0.05) is 19.8 Å². The predicted octanol–water partition coefficient (Wildman–Crippen LogP) is 2.09. The fourth-order valence-electron chi connectivity index (χ4n) is 3.23. The molecule has 1 aromatic heterocycles. The monoisotopic (exact) mass is 295 g/mol. The summed E-state index contributed by atoms with van der Waals surface area (Å²) >= 11 is 1.64. The van der Waals surface area contributed by atoms with Crippen LogP contribution in [0.4, 0.5) is 0 Å². The van der Waals surface area contributed by atoms with Crippen molar-refractivity contribution in [2.75, 3.05) is 19.8 Å². The molecule has 0 aliphatic carbocycles. The number of carbonyl (C=O) groups excluding carboxylic acids is 1. The summed E-state index contributed by atoms with van der Waals surface area (Å²) in [6.45, 7) is 4.13. The second kappa shape index (κ2) is 6.24. The van der Waals surface area contributed by atoms with Crippen molar-refractivity contribution in [3.8, 4) is 0 Å². The van der Waals surface area contributed by atoms with E-state index in [0.717, 1.165) is 25.0 Å². The van der Waals surface area contributed by atoms with Crippen molar-refractivity contribution in [1.82, 2.24) is 4.90 Å². The fraction of sp³-hybridized carbons (Fsp3) is 0.667. The van der Waals surface area contributed by atoms with Gasteiger partial charge in [0.15, 0.2) is 0 Å². The average Bonchev–Trinajstić information content (AvgIpc) is 3.08. The Kier molecular flexibility index (Phi) is 4.38. The zero-order valence-electron chi connectivity index (χ0n) is 11.8. The molecule has 4 nitrogen and oxygen atoms in total. The Morgan fingerprint density at radius 1 is 1.60 bits per heavy atom. The van der Waals surface area contributed by atoms with E-state index in [1.54, 1.807) is 11.3 Å². The van der Waals surface area contributed by atoms with Gasteiger partial charge in [-0.1, -0.05) is 0 Å². The smallest absolute Gasteiger partial charge is 0.227 e. The van der Waals surface area contributed by atoms with Crippen molar-refractivity contribution < 1.29 is 14.3 Å². The first-order valence-electron chi connectivity index (χ1n) is 7.33. The third kappa shape index (κ3) is 2.75. The van der Waals surface area contributed by atoms with E-state index in [2.05, 4.69) is 0 Å². The van der Waals surface area contributed by atoms with Crippen LogP contribution in [0.2, 0.25) is 0 Å². The minimum Gasteiger partial charge on any atom is -0.374 e. The predicted molar refractivity (Wildman–Crippen MR) is 77.9 cm³/mol. The Morgan fingerprint density at radius 3 is 3.25 bits per heavy atom. The van der Waals surface area contributed by atoms with Crippen molar-refractivity contribution in [1.29, 1.82) is 0 Å². The highest BCUT2D eigenvalue weighted by Crippen LogP contribution is 2.31. The van der Waals surface area contributed by atoms with E-state index in [4.69, 9.17) is 9.47 Å². The lowest BCUT2D eigenvalue weighted by Gasteiger charge is -2.32. The number of amides is 1. The van der Waals surface area contributed by atoms with Crippen molar-refractivity contribution in [2.24, 2.45) is 0 Å². The van der Waals surface area contributed by atoms with Crippen LogP contribution in [-0.4, -0.2) is 48.8 Å². The molecular formula is C15H21NO3S. The zero-order chi connectivity index (χ0) is 13.9. The third-order valence-electron chi connectivity index (χ3n) is 4.11. The first-order chi connectivity index (χ1) is 9.79. The van der Waals surface area contributed by atoms with E-state index in [1.165, 1.54) is 0 Å². The number of hydrogen-bond acceptors (Lipinski definition) is 4. The lowest BCUT2D eigenvalue weighted by molar-refractivity contribution is -0.134. The maximum atomic E-state index is 12.5. The van der Waals surface area contributed by atoms with Crippen LogP contribution in [0, 0.1) is 0 Å². The van der Waals surface area contributed by atoms with Crippen molar-refractivity contribution in [3.63, 3.8) is 0 Å². The molecule has 2 aliphatic heterocycles. The molecule has 0 aromatic carbocycles. The highest BCUT2D eigenvalue weighted by Gasteiger charge is 2.46. The van der Waals surface area contributed by atoms with Gasteiger partial charge in [-0.2, -0.15) is 11.3 Å². The second-order valence-corrected chi connectivity index (χ2v) is 6.17. The Labute approximate surface area is 123 Å². The van der Waals surface area contributed by atoms with E-state index < -0.39 is 0 Å². The summed E-state index contributed by atoms with van der Waals surface area (Å²) in [4.78, 5) is 14.5. The lowest BCUT2D eigenvalue weighted by atomic mass is 10.0. The van der Waals surface area contributed by atoms with Crippen LogP contribution in [0.1, 0.15) is 25.3 Å². The molecule has 3 rings (SSSR count). The van der Waals surface area contributed by atoms with E-state index in [0.29, 0.717) is 19.6 Å². The van der Waals surface area contributed by atoms with Crippen LogP contribution in [0.5, 0.6) is 0 Å². The maximum absolute atomic E-state index is 12.5. The SMILES string of the molecule is CCO[C@@H]1CN(C(=O)Cc2ccsc2)[C@@H]2CCCO[C@@H]21. The minimum absolute atomic E-state index is 0.0386. The summed E-state index contributed by atoms with van der Waals surface area (Å²) in [6, 6.07) is 2.22. The van der Waals surface area contributed by atoms with Gasteiger partial charge in [-0.3, -0.25) is 4.79 Å². The van der Waals surface area contributed by atoms with E-state index in [1.807, 2.05) is 28.7 Å². The molecule has 1 aromatic rings. The molecule has 2 saturated heterocycles. The number of fused-ring (bicyclic) bond motifs is 1. The first kappa shape index (κ1) is 14.0. The van der Waals surface area contributed by atoms with Crippen LogP contribution < -0.4 is 0 Å². The summed E-state index contributed by atoms with van der Waals surface area (Å²) in [7, 11) is 0. The number of ether oxygens (including phenoxy) is 2. The number of thiophene rings is 1. The lowest BCUT2D eigenvalue weighted by Crippen LogP contribution is -2.44. The van der Waals surface area contributed by atoms with Gasteiger partial charge in [0.2, 0.25) is 5.91 Å².